The Balaban J connectivity index is 2.92. The maximum absolute atomic E-state index is 6.17. The summed E-state index contributed by atoms with van der Waals surface area (Å²) in [6.45, 7) is 2.14. The van der Waals surface area contributed by atoms with Crippen molar-refractivity contribution in [3.8, 4) is 5.75 Å². The fraction of sp³-hybridized carbons (Fsp3) is 0.500. The van der Waals surface area contributed by atoms with Gasteiger partial charge in [-0.05, 0) is 31.5 Å². The molecule has 1 aromatic carbocycles. The second-order valence-electron chi connectivity index (χ2n) is 3.68. The van der Waals surface area contributed by atoms with Crippen LogP contribution in [0.15, 0.2) is 12.1 Å². The lowest BCUT2D eigenvalue weighted by atomic mass is 10.0. The van der Waals surface area contributed by atoms with E-state index in [0.717, 1.165) is 18.4 Å². The van der Waals surface area contributed by atoms with Crippen molar-refractivity contribution < 1.29 is 4.74 Å². The van der Waals surface area contributed by atoms with Crippen molar-refractivity contribution in [2.24, 2.45) is 0 Å². The number of methoxy groups -OCH3 is 1. The number of nitrogens with one attached hydrogen (secondary N) is 1. The highest BCUT2D eigenvalue weighted by molar-refractivity contribution is 6.34. The Bertz CT molecular complexity index is 351. The van der Waals surface area contributed by atoms with Crippen LogP contribution in [0.2, 0.25) is 10.0 Å². The summed E-state index contributed by atoms with van der Waals surface area (Å²) < 4.78 is 5.11. The minimum atomic E-state index is 0.418. The Morgan fingerprint density at radius 3 is 2.50 bits per heavy atom. The predicted molar refractivity (Wildman–Crippen MR) is 69.9 cm³/mol. The van der Waals surface area contributed by atoms with Crippen LogP contribution in [0.5, 0.6) is 5.75 Å². The highest BCUT2D eigenvalue weighted by atomic mass is 35.5. The van der Waals surface area contributed by atoms with Gasteiger partial charge >= 0.3 is 0 Å². The smallest absolute Gasteiger partial charge is 0.138 e. The van der Waals surface area contributed by atoms with Crippen LogP contribution in [0.25, 0.3) is 0 Å². The molecule has 4 heteroatoms. The van der Waals surface area contributed by atoms with E-state index in [4.69, 9.17) is 27.9 Å². The second kappa shape index (κ2) is 6.33. The number of halogens is 2. The first-order valence-corrected chi connectivity index (χ1v) is 6.07. The fourth-order valence-electron chi connectivity index (χ4n) is 1.60. The molecule has 0 radical (unpaired) electrons. The number of rotatable bonds is 5. The molecule has 0 spiro atoms. The number of ether oxygens (including phenoxy) is 1. The van der Waals surface area contributed by atoms with Crippen molar-refractivity contribution in [3.63, 3.8) is 0 Å². The molecule has 0 aromatic heterocycles. The van der Waals surface area contributed by atoms with Crippen LogP contribution >= 0.6 is 23.2 Å². The van der Waals surface area contributed by atoms with E-state index in [9.17, 15) is 0 Å². The molecular weight excluding hydrogens is 245 g/mol. The highest BCUT2D eigenvalue weighted by Gasteiger charge is 2.11. The van der Waals surface area contributed by atoms with Gasteiger partial charge in [-0.1, -0.05) is 30.1 Å². The number of likely N-dealkylation sites (N-methyl/N-ethyl adjacent to an activating group) is 1. The van der Waals surface area contributed by atoms with E-state index in [0.29, 0.717) is 21.8 Å². The molecule has 1 atom stereocenters. The van der Waals surface area contributed by atoms with Gasteiger partial charge < -0.3 is 10.1 Å². The van der Waals surface area contributed by atoms with E-state index in [1.54, 1.807) is 13.2 Å². The molecule has 16 heavy (non-hydrogen) atoms. The monoisotopic (exact) mass is 261 g/mol. The molecule has 0 aliphatic rings. The Morgan fingerprint density at radius 1 is 1.31 bits per heavy atom. The molecule has 2 nitrogen and oxygen atoms in total. The second-order valence-corrected chi connectivity index (χ2v) is 4.49. The normalized spacial score (nSPS) is 12.6. The summed E-state index contributed by atoms with van der Waals surface area (Å²) in [5.74, 6) is 0.618. The highest BCUT2D eigenvalue weighted by Crippen LogP contribution is 2.31. The lowest BCUT2D eigenvalue weighted by Gasteiger charge is -2.15. The minimum absolute atomic E-state index is 0.418. The molecule has 1 rings (SSSR count). The average Bonchev–Trinajstić information content (AvgIpc) is 2.29. The first-order chi connectivity index (χ1) is 7.62. The molecule has 1 unspecified atom stereocenters. The summed E-state index contributed by atoms with van der Waals surface area (Å²) in [5.41, 5.74) is 1.05. The molecule has 90 valence electrons. The molecule has 0 heterocycles. The zero-order valence-corrected chi connectivity index (χ0v) is 11.3. The van der Waals surface area contributed by atoms with Crippen LogP contribution in [0.4, 0.5) is 0 Å². The van der Waals surface area contributed by atoms with Crippen LogP contribution in [0.3, 0.4) is 0 Å². The van der Waals surface area contributed by atoms with Crippen LogP contribution in [-0.4, -0.2) is 20.2 Å². The molecule has 0 amide bonds. The van der Waals surface area contributed by atoms with Gasteiger partial charge in [0.05, 0.1) is 12.1 Å². The van der Waals surface area contributed by atoms with E-state index in [2.05, 4.69) is 12.2 Å². The topological polar surface area (TPSA) is 21.3 Å². The molecule has 1 aromatic rings. The minimum Gasteiger partial charge on any atom is -0.495 e. The largest absolute Gasteiger partial charge is 0.495 e. The van der Waals surface area contributed by atoms with Gasteiger partial charge in [0, 0.05) is 17.1 Å². The van der Waals surface area contributed by atoms with Crippen LogP contribution in [0.1, 0.15) is 18.9 Å². The van der Waals surface area contributed by atoms with Crippen molar-refractivity contribution in [1.82, 2.24) is 5.32 Å². The van der Waals surface area contributed by atoms with Crippen molar-refractivity contribution in [3.05, 3.63) is 27.7 Å². The summed E-state index contributed by atoms with van der Waals surface area (Å²) in [4.78, 5) is 0. The van der Waals surface area contributed by atoms with E-state index < -0.39 is 0 Å². The maximum Gasteiger partial charge on any atom is 0.138 e. The number of hydrogen-bond donors (Lipinski definition) is 1. The SMILES string of the molecule is CCC(Cc1cc(Cl)c(OC)cc1Cl)NC. The number of hydrogen-bond acceptors (Lipinski definition) is 2. The van der Waals surface area contributed by atoms with E-state index in [-0.39, 0.29) is 0 Å². The van der Waals surface area contributed by atoms with E-state index >= 15 is 0 Å². The molecular formula is C12H17Cl2NO. The van der Waals surface area contributed by atoms with Gasteiger partial charge in [0.2, 0.25) is 0 Å². The van der Waals surface area contributed by atoms with Gasteiger partial charge in [0.25, 0.3) is 0 Å². The van der Waals surface area contributed by atoms with Crippen molar-refractivity contribution in [1.29, 1.82) is 0 Å². The van der Waals surface area contributed by atoms with Crippen LogP contribution in [0, 0.1) is 0 Å². The lowest BCUT2D eigenvalue weighted by molar-refractivity contribution is 0.414. The predicted octanol–water partition coefficient (Wildman–Crippen LogP) is 3.54. The summed E-state index contributed by atoms with van der Waals surface area (Å²) in [6.07, 6.45) is 1.92. The van der Waals surface area contributed by atoms with E-state index in [1.165, 1.54) is 0 Å². The molecule has 1 N–H and O–H groups in total. The quantitative estimate of drug-likeness (QED) is 0.876. The van der Waals surface area contributed by atoms with Crippen molar-refractivity contribution in [2.45, 2.75) is 25.8 Å². The Morgan fingerprint density at radius 2 is 2.00 bits per heavy atom. The zero-order chi connectivity index (χ0) is 12.1. The lowest BCUT2D eigenvalue weighted by Crippen LogP contribution is -2.26. The van der Waals surface area contributed by atoms with Gasteiger partial charge in [-0.25, -0.2) is 0 Å². The van der Waals surface area contributed by atoms with Gasteiger partial charge in [0.15, 0.2) is 0 Å². The van der Waals surface area contributed by atoms with Crippen LogP contribution < -0.4 is 10.1 Å². The Labute approximate surface area is 107 Å². The van der Waals surface area contributed by atoms with Gasteiger partial charge in [-0.15, -0.1) is 0 Å². The summed E-state index contributed by atoms with van der Waals surface area (Å²) in [6, 6.07) is 4.06. The summed E-state index contributed by atoms with van der Waals surface area (Å²) in [5, 5.41) is 4.55. The van der Waals surface area contributed by atoms with E-state index in [1.807, 2.05) is 13.1 Å². The first-order valence-electron chi connectivity index (χ1n) is 5.31. The zero-order valence-electron chi connectivity index (χ0n) is 9.81. The first kappa shape index (κ1) is 13.6. The van der Waals surface area contributed by atoms with Gasteiger partial charge in [-0.2, -0.15) is 0 Å². The maximum atomic E-state index is 6.17. The van der Waals surface area contributed by atoms with Gasteiger partial charge in [0.1, 0.15) is 5.75 Å². The Kier molecular flexibility index (Phi) is 5.39. The fourth-order valence-corrected chi connectivity index (χ4v) is 2.09. The third kappa shape index (κ3) is 3.27. The van der Waals surface area contributed by atoms with Gasteiger partial charge in [-0.3, -0.25) is 0 Å². The summed E-state index contributed by atoms with van der Waals surface area (Å²) in [7, 11) is 3.53. The molecule has 0 saturated heterocycles. The molecule has 0 saturated carbocycles. The number of benzene rings is 1. The third-order valence-corrected chi connectivity index (χ3v) is 3.34. The standard InChI is InChI=1S/C12H17Cl2NO/c1-4-9(15-2)5-8-6-11(14)12(16-3)7-10(8)13/h6-7,9,15H,4-5H2,1-3H3. The molecule has 0 aliphatic heterocycles. The molecule has 0 aliphatic carbocycles. The van der Waals surface area contributed by atoms with Crippen molar-refractivity contribution >= 4 is 23.2 Å². The Hall–Kier alpha value is -0.440. The third-order valence-electron chi connectivity index (χ3n) is 2.69. The molecule has 0 bridgehead atoms. The summed E-state index contributed by atoms with van der Waals surface area (Å²) >= 11 is 12.2. The average molecular weight is 262 g/mol. The molecule has 0 fully saturated rings. The van der Waals surface area contributed by atoms with Crippen molar-refractivity contribution in [2.75, 3.05) is 14.2 Å². The van der Waals surface area contributed by atoms with Crippen LogP contribution in [-0.2, 0) is 6.42 Å².